The maximum Gasteiger partial charge on any atom is 0.254 e. The van der Waals surface area contributed by atoms with Crippen LogP contribution in [0.25, 0.3) is 0 Å². The lowest BCUT2D eigenvalue weighted by atomic mass is 10.2. The van der Waals surface area contributed by atoms with Crippen molar-refractivity contribution in [3.8, 4) is 0 Å². The third-order valence-electron chi connectivity index (χ3n) is 1.89. The summed E-state index contributed by atoms with van der Waals surface area (Å²) in [6.07, 6.45) is 1.43. The van der Waals surface area contributed by atoms with E-state index in [2.05, 4.69) is 10.3 Å². The minimum absolute atomic E-state index is 0.108. The first-order chi connectivity index (χ1) is 7.04. The Bertz CT molecular complexity index is 368. The lowest BCUT2D eigenvalue weighted by Gasteiger charge is -2.11. The molecular weight excluding hydrogens is 216 g/mol. The number of aliphatic hydroxyl groups is 1. The lowest BCUT2D eigenvalue weighted by molar-refractivity contribution is 0.0922. The summed E-state index contributed by atoms with van der Waals surface area (Å²) in [6.45, 7) is 3.39. The zero-order valence-corrected chi connectivity index (χ0v) is 9.38. The summed E-state index contributed by atoms with van der Waals surface area (Å²) < 4.78 is 0. The number of carbonyl (C=O) groups is 1. The van der Waals surface area contributed by atoms with Crippen LogP contribution in [0.5, 0.6) is 0 Å². The van der Waals surface area contributed by atoms with Gasteiger partial charge >= 0.3 is 0 Å². The Kier molecular flexibility index (Phi) is 4.05. The second kappa shape index (κ2) is 5.09. The molecule has 5 heteroatoms. The Morgan fingerprint density at radius 3 is 2.93 bits per heavy atom. The van der Waals surface area contributed by atoms with Gasteiger partial charge in [0.05, 0.1) is 17.2 Å². The second-order valence-corrected chi connectivity index (χ2v) is 3.77. The van der Waals surface area contributed by atoms with E-state index < -0.39 is 0 Å². The summed E-state index contributed by atoms with van der Waals surface area (Å²) in [5.74, 6) is -0.325. The van der Waals surface area contributed by atoms with Gasteiger partial charge in [-0.1, -0.05) is 11.6 Å². The number of aliphatic hydroxyl groups excluding tert-OH is 1. The highest BCUT2D eigenvalue weighted by molar-refractivity contribution is 6.33. The van der Waals surface area contributed by atoms with Crippen LogP contribution in [0.1, 0.15) is 23.0 Å². The third kappa shape index (κ3) is 3.18. The fourth-order valence-corrected chi connectivity index (χ4v) is 1.33. The maximum atomic E-state index is 11.6. The molecule has 0 aromatic carbocycles. The van der Waals surface area contributed by atoms with Gasteiger partial charge in [0.1, 0.15) is 0 Å². The van der Waals surface area contributed by atoms with E-state index in [4.69, 9.17) is 16.7 Å². The first-order valence-electron chi connectivity index (χ1n) is 4.58. The van der Waals surface area contributed by atoms with E-state index in [-0.39, 0.29) is 18.6 Å². The van der Waals surface area contributed by atoms with Gasteiger partial charge < -0.3 is 10.4 Å². The van der Waals surface area contributed by atoms with Crippen molar-refractivity contribution >= 4 is 17.5 Å². The molecule has 0 aliphatic rings. The Morgan fingerprint density at radius 1 is 1.73 bits per heavy atom. The van der Waals surface area contributed by atoms with Gasteiger partial charge in [-0.05, 0) is 19.9 Å². The van der Waals surface area contributed by atoms with Crippen LogP contribution in [0, 0.1) is 6.92 Å². The molecule has 0 unspecified atom stereocenters. The summed E-state index contributed by atoms with van der Waals surface area (Å²) >= 11 is 5.89. The van der Waals surface area contributed by atoms with Crippen molar-refractivity contribution < 1.29 is 9.90 Å². The van der Waals surface area contributed by atoms with E-state index in [0.29, 0.717) is 10.6 Å². The van der Waals surface area contributed by atoms with Gasteiger partial charge in [-0.2, -0.15) is 0 Å². The summed E-state index contributed by atoms with van der Waals surface area (Å²) in [5, 5.41) is 11.7. The first-order valence-corrected chi connectivity index (χ1v) is 4.96. The molecule has 4 nitrogen and oxygen atoms in total. The topological polar surface area (TPSA) is 62.2 Å². The van der Waals surface area contributed by atoms with E-state index in [1.807, 2.05) is 0 Å². The minimum Gasteiger partial charge on any atom is -0.394 e. The van der Waals surface area contributed by atoms with Crippen molar-refractivity contribution in [2.24, 2.45) is 0 Å². The molecule has 1 atom stereocenters. The number of aryl methyl sites for hydroxylation is 1. The number of halogens is 1. The Labute approximate surface area is 93.3 Å². The molecule has 0 aliphatic carbocycles. The van der Waals surface area contributed by atoms with Crippen molar-refractivity contribution in [2.45, 2.75) is 19.9 Å². The molecule has 1 aromatic rings. The fourth-order valence-electron chi connectivity index (χ4n) is 1.04. The normalized spacial score (nSPS) is 12.3. The van der Waals surface area contributed by atoms with Gasteiger partial charge in [-0.15, -0.1) is 0 Å². The van der Waals surface area contributed by atoms with Crippen LogP contribution in [0.15, 0.2) is 12.3 Å². The third-order valence-corrected chi connectivity index (χ3v) is 2.20. The molecule has 0 saturated carbocycles. The predicted octanol–water partition coefficient (Wildman–Crippen LogP) is 1.15. The van der Waals surface area contributed by atoms with Crippen LogP contribution in [0.3, 0.4) is 0 Å². The highest BCUT2D eigenvalue weighted by Crippen LogP contribution is 2.15. The number of rotatable bonds is 3. The van der Waals surface area contributed by atoms with Crippen LogP contribution in [-0.4, -0.2) is 28.6 Å². The standard InChI is InChI=1S/C10H13ClN2O2/c1-6-3-9(11)8(4-12-6)10(15)13-7(2)5-14/h3-4,7,14H,5H2,1-2H3,(H,13,15)/t7-/m1/s1. The summed E-state index contributed by atoms with van der Waals surface area (Å²) in [4.78, 5) is 15.6. The fraction of sp³-hybridized carbons (Fsp3) is 0.400. The van der Waals surface area contributed by atoms with E-state index >= 15 is 0 Å². The van der Waals surface area contributed by atoms with Crippen molar-refractivity contribution in [1.29, 1.82) is 0 Å². The molecule has 82 valence electrons. The first kappa shape index (κ1) is 11.9. The molecule has 0 aliphatic heterocycles. The van der Waals surface area contributed by atoms with Crippen LogP contribution >= 0.6 is 11.6 Å². The average Bonchev–Trinajstić information content (AvgIpc) is 2.17. The van der Waals surface area contributed by atoms with E-state index in [1.54, 1.807) is 19.9 Å². The second-order valence-electron chi connectivity index (χ2n) is 3.36. The van der Waals surface area contributed by atoms with Gasteiger partial charge in [-0.3, -0.25) is 9.78 Å². The lowest BCUT2D eigenvalue weighted by Crippen LogP contribution is -2.35. The molecule has 1 aromatic heterocycles. The number of nitrogens with zero attached hydrogens (tertiary/aromatic N) is 1. The molecule has 1 amide bonds. The molecule has 2 N–H and O–H groups in total. The smallest absolute Gasteiger partial charge is 0.254 e. The van der Waals surface area contributed by atoms with Crippen molar-refractivity contribution in [3.63, 3.8) is 0 Å². The summed E-state index contributed by atoms with van der Waals surface area (Å²) in [7, 11) is 0. The number of nitrogens with one attached hydrogen (secondary N) is 1. The molecule has 0 fully saturated rings. The van der Waals surface area contributed by atoms with Crippen molar-refractivity contribution in [2.75, 3.05) is 6.61 Å². The Morgan fingerprint density at radius 2 is 2.40 bits per heavy atom. The largest absolute Gasteiger partial charge is 0.394 e. The number of pyridine rings is 1. The molecule has 0 bridgehead atoms. The quantitative estimate of drug-likeness (QED) is 0.816. The number of hydrogen-bond acceptors (Lipinski definition) is 3. The zero-order valence-electron chi connectivity index (χ0n) is 8.62. The Hall–Kier alpha value is -1.13. The highest BCUT2D eigenvalue weighted by Gasteiger charge is 2.12. The van der Waals surface area contributed by atoms with Gasteiger partial charge in [-0.25, -0.2) is 0 Å². The van der Waals surface area contributed by atoms with Gasteiger partial charge in [0.2, 0.25) is 0 Å². The van der Waals surface area contributed by atoms with E-state index in [9.17, 15) is 4.79 Å². The van der Waals surface area contributed by atoms with Crippen LogP contribution in [0.4, 0.5) is 0 Å². The minimum atomic E-state index is -0.325. The van der Waals surface area contributed by atoms with E-state index in [1.165, 1.54) is 6.20 Å². The van der Waals surface area contributed by atoms with Crippen LogP contribution in [-0.2, 0) is 0 Å². The van der Waals surface area contributed by atoms with Gasteiger partial charge in [0.25, 0.3) is 5.91 Å². The molecule has 0 saturated heterocycles. The number of aromatic nitrogens is 1. The summed E-state index contributed by atoms with van der Waals surface area (Å²) in [6, 6.07) is 1.33. The molecule has 15 heavy (non-hydrogen) atoms. The van der Waals surface area contributed by atoms with Gasteiger partial charge in [0.15, 0.2) is 0 Å². The number of amides is 1. The predicted molar refractivity (Wildman–Crippen MR) is 58.0 cm³/mol. The number of carbonyl (C=O) groups excluding carboxylic acids is 1. The van der Waals surface area contributed by atoms with Crippen molar-refractivity contribution in [1.82, 2.24) is 10.3 Å². The molecule has 0 radical (unpaired) electrons. The van der Waals surface area contributed by atoms with Crippen LogP contribution < -0.4 is 5.32 Å². The highest BCUT2D eigenvalue weighted by atomic mass is 35.5. The Balaban J connectivity index is 2.82. The molecule has 0 spiro atoms. The zero-order chi connectivity index (χ0) is 11.4. The van der Waals surface area contributed by atoms with Crippen LogP contribution in [0.2, 0.25) is 5.02 Å². The monoisotopic (exact) mass is 228 g/mol. The summed E-state index contributed by atoms with van der Waals surface area (Å²) in [5.41, 5.74) is 1.08. The van der Waals surface area contributed by atoms with Gasteiger partial charge in [0, 0.05) is 17.9 Å². The average molecular weight is 229 g/mol. The number of hydrogen-bond donors (Lipinski definition) is 2. The molecular formula is C10H13ClN2O2. The van der Waals surface area contributed by atoms with Crippen molar-refractivity contribution in [3.05, 3.63) is 28.5 Å². The van der Waals surface area contributed by atoms with E-state index in [0.717, 1.165) is 5.69 Å². The maximum absolute atomic E-state index is 11.6. The SMILES string of the molecule is Cc1cc(Cl)c(C(=O)N[C@H](C)CO)cn1. The molecule has 1 rings (SSSR count). The molecule has 1 heterocycles.